The molecule has 1 aromatic heterocycles. The van der Waals surface area contributed by atoms with E-state index in [0.29, 0.717) is 11.5 Å². The molecule has 0 spiro atoms. The molecule has 0 unspecified atom stereocenters. The second-order valence-corrected chi connectivity index (χ2v) is 3.69. The molecule has 2 rings (SSSR count). The molecule has 0 saturated heterocycles. The van der Waals surface area contributed by atoms with E-state index in [9.17, 15) is 4.79 Å². The lowest BCUT2D eigenvalue weighted by Crippen LogP contribution is -2.03. The fraction of sp³-hybridized carbons (Fsp3) is 0.182. The van der Waals surface area contributed by atoms with Gasteiger partial charge in [-0.25, -0.2) is 9.89 Å². The van der Waals surface area contributed by atoms with Crippen LogP contribution >= 0.6 is 0 Å². The van der Waals surface area contributed by atoms with Crippen molar-refractivity contribution in [1.29, 1.82) is 0 Å². The summed E-state index contributed by atoms with van der Waals surface area (Å²) in [6.45, 7) is 1.87. The van der Waals surface area contributed by atoms with Crippen molar-refractivity contribution in [2.75, 3.05) is 18.2 Å². The molecule has 1 heterocycles. The van der Waals surface area contributed by atoms with E-state index in [1.54, 1.807) is 18.2 Å². The summed E-state index contributed by atoms with van der Waals surface area (Å²) in [6, 6.07) is 5.15. The highest BCUT2D eigenvalue weighted by Gasteiger charge is 2.08. The van der Waals surface area contributed by atoms with Crippen molar-refractivity contribution in [2.45, 2.75) is 6.92 Å². The van der Waals surface area contributed by atoms with Gasteiger partial charge in [0, 0.05) is 5.69 Å². The van der Waals surface area contributed by atoms with Crippen LogP contribution in [0.4, 0.5) is 17.6 Å². The first kappa shape index (κ1) is 11.9. The Bertz CT molecular complexity index is 579. The smallest absolute Gasteiger partial charge is 0.337 e. The number of benzene rings is 1. The van der Waals surface area contributed by atoms with E-state index in [1.165, 1.54) is 7.11 Å². The normalized spacial score (nSPS) is 10.1. The number of nitrogens with one attached hydrogen (secondary N) is 2. The van der Waals surface area contributed by atoms with Crippen LogP contribution in [0.15, 0.2) is 18.2 Å². The molecular formula is C11H13N5O2. The Morgan fingerprint density at radius 3 is 2.83 bits per heavy atom. The molecule has 0 aliphatic rings. The number of hydrogen-bond donors (Lipinski definition) is 3. The molecule has 0 aliphatic heterocycles. The molecule has 0 atom stereocenters. The second-order valence-electron chi connectivity index (χ2n) is 3.69. The predicted molar refractivity (Wildman–Crippen MR) is 66.6 cm³/mol. The fourth-order valence-electron chi connectivity index (χ4n) is 1.50. The highest BCUT2D eigenvalue weighted by Crippen LogP contribution is 2.20. The second kappa shape index (κ2) is 4.74. The van der Waals surface area contributed by atoms with E-state index in [4.69, 9.17) is 5.73 Å². The van der Waals surface area contributed by atoms with Crippen LogP contribution in [-0.4, -0.2) is 28.3 Å². The molecule has 1 aromatic carbocycles. The SMILES string of the molecule is COC(=O)c1ccc(Nc2n[nH]c(N)n2)c(C)c1. The Labute approximate surface area is 103 Å². The Morgan fingerprint density at radius 1 is 1.50 bits per heavy atom. The van der Waals surface area contributed by atoms with Gasteiger partial charge in [0.2, 0.25) is 11.9 Å². The van der Waals surface area contributed by atoms with E-state index in [1.807, 2.05) is 6.92 Å². The Morgan fingerprint density at radius 2 is 2.28 bits per heavy atom. The summed E-state index contributed by atoms with van der Waals surface area (Å²) < 4.78 is 4.65. The highest BCUT2D eigenvalue weighted by atomic mass is 16.5. The Hall–Kier alpha value is -2.57. The maximum Gasteiger partial charge on any atom is 0.337 e. The van der Waals surface area contributed by atoms with Gasteiger partial charge in [-0.1, -0.05) is 0 Å². The lowest BCUT2D eigenvalue weighted by molar-refractivity contribution is 0.0600. The van der Waals surface area contributed by atoms with Gasteiger partial charge in [-0.3, -0.25) is 0 Å². The zero-order chi connectivity index (χ0) is 13.1. The minimum Gasteiger partial charge on any atom is -0.465 e. The molecule has 0 aliphatic carbocycles. The highest BCUT2D eigenvalue weighted by molar-refractivity contribution is 5.90. The number of nitrogen functional groups attached to an aromatic ring is 1. The zero-order valence-corrected chi connectivity index (χ0v) is 10.0. The number of carbonyl (C=O) groups is 1. The van der Waals surface area contributed by atoms with Gasteiger partial charge in [-0.05, 0) is 30.7 Å². The summed E-state index contributed by atoms with van der Waals surface area (Å²) in [6.07, 6.45) is 0. The number of nitrogens with two attached hydrogens (primary N) is 1. The molecule has 2 aromatic rings. The summed E-state index contributed by atoms with van der Waals surface area (Å²) in [5.74, 6) is 0.245. The van der Waals surface area contributed by atoms with Crippen LogP contribution in [-0.2, 0) is 4.74 Å². The fourth-order valence-corrected chi connectivity index (χ4v) is 1.50. The van der Waals surface area contributed by atoms with E-state index in [-0.39, 0.29) is 11.9 Å². The number of H-pyrrole nitrogens is 1. The average Bonchev–Trinajstić information content (AvgIpc) is 2.76. The molecule has 0 fully saturated rings. The summed E-state index contributed by atoms with van der Waals surface area (Å²) in [4.78, 5) is 15.3. The molecule has 7 nitrogen and oxygen atoms in total. The molecule has 4 N–H and O–H groups in total. The van der Waals surface area contributed by atoms with Gasteiger partial charge in [-0.2, -0.15) is 4.98 Å². The molecule has 18 heavy (non-hydrogen) atoms. The summed E-state index contributed by atoms with van der Waals surface area (Å²) in [5, 5.41) is 9.38. The topological polar surface area (TPSA) is 106 Å². The van der Waals surface area contributed by atoms with Gasteiger partial charge >= 0.3 is 5.97 Å². The number of nitrogens with zero attached hydrogens (tertiary/aromatic N) is 2. The molecule has 7 heteroatoms. The van der Waals surface area contributed by atoms with E-state index in [2.05, 4.69) is 25.2 Å². The predicted octanol–water partition coefficient (Wildman–Crippen LogP) is 1.23. The third-order valence-corrected chi connectivity index (χ3v) is 2.40. The minimum absolute atomic E-state index is 0.237. The van der Waals surface area contributed by atoms with Crippen molar-refractivity contribution in [3.63, 3.8) is 0 Å². The first-order valence-electron chi connectivity index (χ1n) is 5.24. The number of methoxy groups -OCH3 is 1. The molecule has 94 valence electrons. The van der Waals surface area contributed by atoms with Crippen molar-refractivity contribution < 1.29 is 9.53 Å². The third kappa shape index (κ3) is 2.40. The number of ether oxygens (including phenoxy) is 1. The van der Waals surface area contributed by atoms with Crippen molar-refractivity contribution in [3.05, 3.63) is 29.3 Å². The van der Waals surface area contributed by atoms with Gasteiger partial charge in [0.25, 0.3) is 0 Å². The minimum atomic E-state index is -0.369. The van der Waals surface area contributed by atoms with Crippen LogP contribution in [0.1, 0.15) is 15.9 Å². The lowest BCUT2D eigenvalue weighted by atomic mass is 10.1. The quantitative estimate of drug-likeness (QED) is 0.704. The number of aromatic amines is 1. The number of aromatic nitrogens is 3. The van der Waals surface area contributed by atoms with Crippen LogP contribution in [0.3, 0.4) is 0 Å². The maximum atomic E-state index is 11.3. The number of carbonyl (C=O) groups excluding carboxylic acids is 1. The largest absolute Gasteiger partial charge is 0.465 e. The van der Waals surface area contributed by atoms with Crippen LogP contribution in [0, 0.1) is 6.92 Å². The van der Waals surface area contributed by atoms with Crippen molar-refractivity contribution >= 4 is 23.6 Å². The van der Waals surface area contributed by atoms with Crippen LogP contribution in [0.2, 0.25) is 0 Å². The third-order valence-electron chi connectivity index (χ3n) is 2.40. The number of hydrogen-bond acceptors (Lipinski definition) is 6. The molecule has 0 bridgehead atoms. The number of esters is 1. The van der Waals surface area contributed by atoms with Crippen molar-refractivity contribution in [3.8, 4) is 0 Å². The average molecular weight is 247 g/mol. The van der Waals surface area contributed by atoms with Gasteiger partial charge in [0.15, 0.2) is 0 Å². The van der Waals surface area contributed by atoms with Gasteiger partial charge in [0.05, 0.1) is 12.7 Å². The lowest BCUT2D eigenvalue weighted by Gasteiger charge is -2.07. The first-order chi connectivity index (χ1) is 8.60. The molecule has 0 amide bonds. The number of rotatable bonds is 3. The molecule has 0 radical (unpaired) electrons. The van der Waals surface area contributed by atoms with Gasteiger partial charge < -0.3 is 15.8 Å². The van der Waals surface area contributed by atoms with Crippen LogP contribution < -0.4 is 11.1 Å². The maximum absolute atomic E-state index is 11.3. The van der Waals surface area contributed by atoms with E-state index in [0.717, 1.165) is 11.3 Å². The first-order valence-corrected chi connectivity index (χ1v) is 5.24. The van der Waals surface area contributed by atoms with Gasteiger partial charge in [-0.15, -0.1) is 5.10 Å². The van der Waals surface area contributed by atoms with Crippen LogP contribution in [0.5, 0.6) is 0 Å². The molecule has 0 saturated carbocycles. The monoisotopic (exact) mass is 247 g/mol. The Kier molecular flexibility index (Phi) is 3.13. The summed E-state index contributed by atoms with van der Waals surface area (Å²) >= 11 is 0. The standard InChI is InChI=1S/C11H13N5O2/c1-6-5-7(9(17)18-2)3-4-8(6)13-11-14-10(12)15-16-11/h3-5H,1-2H3,(H4,12,13,14,15,16). The molecular weight excluding hydrogens is 234 g/mol. The number of aryl methyl sites for hydroxylation is 1. The summed E-state index contributed by atoms with van der Waals surface area (Å²) in [7, 11) is 1.35. The summed E-state index contributed by atoms with van der Waals surface area (Å²) in [5.41, 5.74) is 7.59. The zero-order valence-electron chi connectivity index (χ0n) is 10.0. The Balaban J connectivity index is 2.22. The van der Waals surface area contributed by atoms with Gasteiger partial charge in [0.1, 0.15) is 0 Å². The van der Waals surface area contributed by atoms with E-state index >= 15 is 0 Å². The van der Waals surface area contributed by atoms with Crippen molar-refractivity contribution in [2.24, 2.45) is 0 Å². The van der Waals surface area contributed by atoms with Crippen molar-refractivity contribution in [1.82, 2.24) is 15.2 Å². The van der Waals surface area contributed by atoms with E-state index < -0.39 is 0 Å². The van der Waals surface area contributed by atoms with Crippen LogP contribution in [0.25, 0.3) is 0 Å². The number of anilines is 3.